The number of pyridine rings is 4. The largest absolute Gasteiger partial charge is 0.438 e. The van der Waals surface area contributed by atoms with E-state index in [1.165, 1.54) is 23.4 Å². The predicted octanol–water partition coefficient (Wildman–Crippen LogP) is 29.9. The Labute approximate surface area is 838 Å². The molecule has 22 heteroatoms. The van der Waals surface area contributed by atoms with Crippen LogP contribution in [0.15, 0.2) is 388 Å². The molecule has 12 heterocycles. The molecule has 0 radical (unpaired) electrons. The van der Waals surface area contributed by atoms with Crippen LogP contribution in [-0.4, -0.2) is 38.2 Å². The van der Waals surface area contributed by atoms with Crippen LogP contribution in [0.2, 0.25) is 0 Å². The highest BCUT2D eigenvalue weighted by molar-refractivity contribution is 6.10. The number of aromatic nitrogens is 12. The van der Waals surface area contributed by atoms with Gasteiger partial charge >= 0.3 is 0 Å². The van der Waals surface area contributed by atoms with E-state index in [0.29, 0.717) is 50.4 Å². The van der Waals surface area contributed by atoms with E-state index in [-0.39, 0.29) is 22.2 Å². The molecule has 0 amide bonds. The molecule has 0 bridgehead atoms. The minimum Gasteiger partial charge on any atom is -0.438 e. The molecule has 0 aliphatic rings. The summed E-state index contributed by atoms with van der Waals surface area (Å²) in [5.41, 5.74) is 31.8. The van der Waals surface area contributed by atoms with Crippen LogP contribution in [0.25, 0.3) is 234 Å². The average Bonchev–Trinajstić information content (AvgIpc) is 1.58. The third-order valence-electron chi connectivity index (χ3n) is 28.2. The van der Waals surface area contributed by atoms with Gasteiger partial charge in [0.25, 0.3) is 23.3 Å². The number of rotatable bonds is 12. The molecule has 0 atom stereocenters. The third kappa shape index (κ3) is 15.6. The van der Waals surface area contributed by atoms with Crippen molar-refractivity contribution in [1.82, 2.24) is 38.2 Å². The molecular weight excluding hydrogens is 1850 g/mol. The van der Waals surface area contributed by atoms with Crippen molar-refractivity contribution in [1.29, 1.82) is 0 Å². The summed E-state index contributed by atoms with van der Waals surface area (Å²) in [5.74, 6) is 0.0997. The van der Waals surface area contributed by atoms with Crippen LogP contribution < -0.4 is 18.3 Å². The van der Waals surface area contributed by atoms with Gasteiger partial charge in [-0.2, -0.15) is 55.8 Å². The lowest BCUT2D eigenvalue weighted by Gasteiger charge is -2.15. The average molecular weight is 1940 g/mol. The first-order valence-electron chi connectivity index (χ1n) is 48.5. The van der Waals surface area contributed by atoms with Crippen molar-refractivity contribution in [2.75, 3.05) is 0 Å². The zero-order chi connectivity index (χ0) is 101. The highest BCUT2D eigenvalue weighted by Crippen LogP contribution is 2.47. The number of halogens is 6. The van der Waals surface area contributed by atoms with Crippen LogP contribution >= 0.6 is 0 Å². The van der Waals surface area contributed by atoms with Crippen LogP contribution in [0.3, 0.4) is 0 Å². The van der Waals surface area contributed by atoms with E-state index in [0.717, 1.165) is 196 Å². The highest BCUT2D eigenvalue weighted by Gasteiger charge is 2.37. The van der Waals surface area contributed by atoms with Gasteiger partial charge in [-0.25, -0.2) is 27.0 Å². The lowest BCUT2D eigenvalue weighted by molar-refractivity contribution is -0.634. The summed E-state index contributed by atoms with van der Waals surface area (Å²) in [5, 5.41) is 4.97. The van der Waals surface area contributed by atoms with E-state index in [1.54, 1.807) is 12.1 Å². The Bertz CT molecular complexity index is 9940. The maximum Gasteiger partial charge on any atom is 0.295 e. The van der Waals surface area contributed by atoms with Crippen LogP contribution in [0, 0.1) is 63.1 Å². The van der Waals surface area contributed by atoms with Gasteiger partial charge in [-0.1, -0.05) is 226 Å². The summed E-state index contributed by atoms with van der Waals surface area (Å²) in [4.78, 5) is 15.5. The summed E-state index contributed by atoms with van der Waals surface area (Å²) in [7, 11) is 8.30. The quantitative estimate of drug-likeness (QED) is 0.0669. The molecular formula is C125H92F6N12O4+4. The minimum absolute atomic E-state index is 0.0478. The van der Waals surface area contributed by atoms with E-state index in [1.807, 2.05) is 142 Å². The number of furan rings is 4. The molecule has 27 aromatic rings. The number of aryl methyl sites for hydroxylation is 8. The zero-order valence-corrected chi connectivity index (χ0v) is 81.6. The number of benzene rings is 15. The maximum absolute atomic E-state index is 14.9. The summed E-state index contributed by atoms with van der Waals surface area (Å²) in [6, 6.07) is 122. The SMILES string of the molecule is Cc1cc2c(cc1-c1n(-c3c(-c4ccccc4)cccc3-c3ccccc3)c3ccccc3[n+]1C)oc1nc(F)cc(F)c12.Cc1cc2c(cc1-c1n(-c3ccccc3-c3ccccc3)c3ccccc3[n+]1C)oc1nc(F)cc(F)c12.Cc1cc2oc3nc(F)ccc3c2cc1-c1n(-c2ccccc2)c2ccccc2[n+]1C.Cc1cc2oc3nc(F)ccc3c2cc1-c1n(-c2ccccc2C(C)C)c2ccccc2[n+]1C. The van der Waals surface area contributed by atoms with Crippen molar-refractivity contribution in [3.63, 3.8) is 0 Å². The number of fused-ring (bicyclic) bond motifs is 16. The fraction of sp³-hybridized carbons (Fsp3) is 0.0880. The van der Waals surface area contributed by atoms with Gasteiger partial charge in [0, 0.05) is 66.7 Å². The van der Waals surface area contributed by atoms with Gasteiger partial charge in [-0.05, 0) is 218 Å². The molecule has 147 heavy (non-hydrogen) atoms. The topological polar surface area (TPSA) is 139 Å². The van der Waals surface area contributed by atoms with Gasteiger partial charge in [0.05, 0.1) is 61.2 Å². The maximum atomic E-state index is 14.9. The lowest BCUT2D eigenvalue weighted by Crippen LogP contribution is -2.30. The van der Waals surface area contributed by atoms with Crippen molar-refractivity contribution >= 4 is 132 Å². The number of para-hydroxylation sites is 12. The van der Waals surface area contributed by atoms with Crippen molar-refractivity contribution in [2.45, 2.75) is 47.5 Å². The number of imidazole rings is 4. The highest BCUT2D eigenvalue weighted by atomic mass is 19.2. The summed E-state index contributed by atoms with van der Waals surface area (Å²) in [6.07, 6.45) is 0. The molecule has 714 valence electrons. The van der Waals surface area contributed by atoms with E-state index in [9.17, 15) is 26.3 Å². The number of hydrogen-bond acceptors (Lipinski definition) is 8. The van der Waals surface area contributed by atoms with Gasteiger partial charge in [0.15, 0.2) is 44.1 Å². The Morgan fingerprint density at radius 2 is 0.571 bits per heavy atom. The molecule has 0 spiro atoms. The normalized spacial score (nSPS) is 11.7. The van der Waals surface area contributed by atoms with Gasteiger partial charge in [0.1, 0.15) is 56.7 Å². The van der Waals surface area contributed by atoms with Crippen molar-refractivity contribution in [3.05, 3.63) is 433 Å². The molecule has 0 aliphatic heterocycles. The van der Waals surface area contributed by atoms with Crippen LogP contribution in [0.4, 0.5) is 26.3 Å². The second-order valence-electron chi connectivity index (χ2n) is 37.4. The molecule has 0 saturated carbocycles. The third-order valence-corrected chi connectivity index (χ3v) is 28.2. The van der Waals surface area contributed by atoms with Gasteiger partial charge in [0.2, 0.25) is 46.6 Å². The molecule has 0 N–H and O–H groups in total. The molecule has 0 fully saturated rings. The van der Waals surface area contributed by atoms with E-state index < -0.39 is 35.4 Å². The van der Waals surface area contributed by atoms with Crippen molar-refractivity contribution in [2.24, 2.45) is 28.2 Å². The first kappa shape index (κ1) is 91.1. The van der Waals surface area contributed by atoms with Crippen LogP contribution in [-0.2, 0) is 28.2 Å². The molecule has 15 aromatic carbocycles. The van der Waals surface area contributed by atoms with E-state index >= 15 is 0 Å². The smallest absolute Gasteiger partial charge is 0.295 e. The number of nitrogens with zero attached hydrogens (tertiary/aromatic N) is 12. The molecule has 0 saturated heterocycles. The zero-order valence-electron chi connectivity index (χ0n) is 81.6. The van der Waals surface area contributed by atoms with Gasteiger partial charge in [-0.3, -0.25) is 0 Å². The van der Waals surface area contributed by atoms with Crippen molar-refractivity contribution < 1.29 is 62.3 Å². The summed E-state index contributed by atoms with van der Waals surface area (Å²) >= 11 is 0. The van der Waals surface area contributed by atoms with Crippen LogP contribution in [0.5, 0.6) is 0 Å². The fourth-order valence-electron chi connectivity index (χ4n) is 21.4. The first-order chi connectivity index (χ1) is 71.5. The minimum atomic E-state index is -0.913. The number of hydrogen-bond donors (Lipinski definition) is 0. The Kier molecular flexibility index (Phi) is 22.6. The van der Waals surface area contributed by atoms with Crippen LogP contribution in [0.1, 0.15) is 47.6 Å². The standard InChI is InChI=1S/C38H26F2N3O.C32H22F2N3O.C29H25FN3O.C26H19FN3O/c1-23-20-29-33(44-37-35(29)30(39)22-34(40)41-37)21-28(23)38-42(2)31-18-9-10-19-32(31)43(38)36-26(24-12-5-3-6-13-24)16-11-17-27(36)25-14-7-4-8-15-25;1-19-16-23-28(38-31-30(23)24(33)18-29(34)35-31)17-22(19)32-36(2)26-14-8-9-15-27(26)37(32)25-13-7-6-12-21(25)20-10-4-3-5-11-20;1-17(2)19-9-5-6-10-23(19)33-25-12-8-7-11-24(25)32(4)29(33)21-16-22-20-13-14-27(30)31-28(20)34-26(22)15-18(21)3;1-16-14-23-20(18-12-13-24(27)28-25(18)31-23)15-19(16)26-29(2)21-10-6-7-11-22(21)30(26)17-8-4-3-5-9-17/h3-22H,1-2H3;3-18H,1-2H3;5-17H,1-4H3;3-15H,1-2H3/q4*+1. The lowest BCUT2D eigenvalue weighted by atomic mass is 9.95. The predicted molar refractivity (Wildman–Crippen MR) is 569 cm³/mol. The Hall–Kier alpha value is -18.4. The first-order valence-corrected chi connectivity index (χ1v) is 48.5. The Morgan fingerprint density at radius 1 is 0.252 bits per heavy atom. The summed E-state index contributed by atoms with van der Waals surface area (Å²) < 4.78 is 126. The molecule has 0 aliphatic carbocycles. The van der Waals surface area contributed by atoms with Crippen molar-refractivity contribution in [3.8, 4) is 102 Å². The Morgan fingerprint density at radius 3 is 1.01 bits per heavy atom. The monoisotopic (exact) mass is 1940 g/mol. The fourth-order valence-corrected chi connectivity index (χ4v) is 21.4. The van der Waals surface area contributed by atoms with E-state index in [2.05, 4.69) is 318 Å². The summed E-state index contributed by atoms with van der Waals surface area (Å²) in [6.45, 7) is 12.6. The Balaban J connectivity index is 0.000000106. The molecule has 16 nitrogen and oxygen atoms in total. The molecule has 0 unspecified atom stereocenters. The molecule has 27 rings (SSSR count). The van der Waals surface area contributed by atoms with Gasteiger partial charge in [-0.15, -0.1) is 0 Å². The van der Waals surface area contributed by atoms with Gasteiger partial charge < -0.3 is 17.7 Å². The van der Waals surface area contributed by atoms with E-state index in [4.69, 9.17) is 17.7 Å². The second kappa shape index (κ2) is 36.5. The second-order valence-corrected chi connectivity index (χ2v) is 37.4. The molecule has 12 aromatic heterocycles.